The maximum atomic E-state index is 12.4. The van der Waals surface area contributed by atoms with Crippen LogP contribution < -0.4 is 10.1 Å². The normalized spacial score (nSPS) is 11.5. The summed E-state index contributed by atoms with van der Waals surface area (Å²) in [5, 5.41) is 21.9. The smallest absolute Gasteiger partial charge is 0.317 e. The van der Waals surface area contributed by atoms with Crippen LogP contribution in [0, 0.1) is 10.1 Å². The first kappa shape index (κ1) is 24.0. The third kappa shape index (κ3) is 6.43. The molecule has 1 amide bonds. The molecule has 1 unspecified atom stereocenters. The van der Waals surface area contributed by atoms with E-state index in [9.17, 15) is 19.7 Å². The molecule has 0 radical (unpaired) electrons. The fourth-order valence-electron chi connectivity index (χ4n) is 2.52. The van der Waals surface area contributed by atoms with Gasteiger partial charge < -0.3 is 19.2 Å². The van der Waals surface area contributed by atoms with Gasteiger partial charge >= 0.3 is 5.97 Å². The molecule has 0 aliphatic rings. The number of carbonyl (C=O) groups excluding carboxylic acids is 2. The van der Waals surface area contributed by atoms with Crippen LogP contribution in [0.5, 0.6) is 5.75 Å². The van der Waals surface area contributed by atoms with Crippen molar-refractivity contribution in [3.63, 3.8) is 0 Å². The summed E-state index contributed by atoms with van der Waals surface area (Å²) in [7, 11) is 1.35. The molecule has 0 aliphatic carbocycles. The Kier molecular flexibility index (Phi) is 7.85. The summed E-state index contributed by atoms with van der Waals surface area (Å²) < 4.78 is 15.7. The third-order valence-electron chi connectivity index (χ3n) is 4.14. The summed E-state index contributed by atoms with van der Waals surface area (Å²) in [4.78, 5) is 34.9. The second-order valence-electron chi connectivity index (χ2n) is 6.43. The number of aromatic nitrogens is 2. The molecule has 11 nitrogen and oxygen atoms in total. The number of hydrogen-bond acceptors (Lipinski definition) is 10. The van der Waals surface area contributed by atoms with E-state index in [-0.39, 0.29) is 34.0 Å². The van der Waals surface area contributed by atoms with Crippen molar-refractivity contribution in [2.75, 3.05) is 18.2 Å². The molecule has 1 atom stereocenters. The Balaban J connectivity index is 1.53. The number of carbonyl (C=O) groups is 2. The van der Waals surface area contributed by atoms with Crippen LogP contribution in [0.4, 0.5) is 11.4 Å². The number of methoxy groups -OCH3 is 1. The fourth-order valence-corrected chi connectivity index (χ4v) is 3.20. The summed E-state index contributed by atoms with van der Waals surface area (Å²) in [5.41, 5.74) is 0.516. The van der Waals surface area contributed by atoms with E-state index >= 15 is 0 Å². The number of thioether (sulfide) groups is 1. The van der Waals surface area contributed by atoms with Gasteiger partial charge in [0.1, 0.15) is 11.5 Å². The first-order valence-electron chi connectivity index (χ1n) is 9.32. The zero-order chi connectivity index (χ0) is 24.0. The van der Waals surface area contributed by atoms with Gasteiger partial charge in [0.25, 0.3) is 16.8 Å². The average molecular weight is 493 g/mol. The number of anilines is 1. The van der Waals surface area contributed by atoms with Crippen molar-refractivity contribution in [1.82, 2.24) is 10.2 Å². The molecule has 0 saturated carbocycles. The number of nitrogens with zero attached hydrogens (tertiary/aromatic N) is 3. The van der Waals surface area contributed by atoms with Crippen LogP contribution in [-0.2, 0) is 14.3 Å². The van der Waals surface area contributed by atoms with Gasteiger partial charge in [-0.1, -0.05) is 23.4 Å². The number of non-ortho nitro benzene ring substituents is 1. The molecule has 0 fully saturated rings. The SMILES string of the molecule is COc1ccc([N+](=O)[O-])cc1NC(=O)C(C)OC(=O)CSc1nnc(-c2ccc(Cl)cc2)o1. The predicted octanol–water partition coefficient (Wildman–Crippen LogP) is 3.97. The lowest BCUT2D eigenvalue weighted by molar-refractivity contribution is -0.384. The van der Waals surface area contributed by atoms with Crippen LogP contribution >= 0.6 is 23.4 Å². The van der Waals surface area contributed by atoms with E-state index in [1.165, 1.54) is 26.2 Å². The molecule has 0 spiro atoms. The Morgan fingerprint density at radius 1 is 1.24 bits per heavy atom. The highest BCUT2D eigenvalue weighted by Gasteiger charge is 2.21. The highest BCUT2D eigenvalue weighted by Crippen LogP contribution is 2.29. The Morgan fingerprint density at radius 2 is 1.97 bits per heavy atom. The third-order valence-corrected chi connectivity index (χ3v) is 5.18. The van der Waals surface area contributed by atoms with Gasteiger partial charge in [0.15, 0.2) is 6.10 Å². The number of benzene rings is 2. The zero-order valence-electron chi connectivity index (χ0n) is 17.3. The van der Waals surface area contributed by atoms with Crippen LogP contribution in [0.25, 0.3) is 11.5 Å². The Labute approximate surface area is 196 Å². The molecule has 172 valence electrons. The molecule has 0 bridgehead atoms. The van der Waals surface area contributed by atoms with E-state index in [1.807, 2.05) is 0 Å². The van der Waals surface area contributed by atoms with Crippen molar-refractivity contribution in [3.8, 4) is 17.2 Å². The summed E-state index contributed by atoms with van der Waals surface area (Å²) in [5.74, 6) is -1.08. The molecule has 1 aromatic heterocycles. The summed E-state index contributed by atoms with van der Waals surface area (Å²) in [6.07, 6.45) is -1.17. The van der Waals surface area contributed by atoms with Crippen LogP contribution in [0.15, 0.2) is 52.1 Å². The lowest BCUT2D eigenvalue weighted by Gasteiger charge is -2.14. The molecule has 3 aromatic rings. The Hall–Kier alpha value is -3.64. The number of nitrogens with one attached hydrogen (secondary N) is 1. The van der Waals surface area contributed by atoms with Gasteiger partial charge in [0.2, 0.25) is 5.89 Å². The lowest BCUT2D eigenvalue weighted by atomic mass is 10.2. The number of halogens is 1. The number of nitro groups is 1. The van der Waals surface area contributed by atoms with Crippen molar-refractivity contribution in [3.05, 3.63) is 57.6 Å². The molecule has 1 heterocycles. The summed E-state index contributed by atoms with van der Waals surface area (Å²) in [6, 6.07) is 10.5. The minimum atomic E-state index is -1.17. The Bertz CT molecular complexity index is 1170. The van der Waals surface area contributed by atoms with E-state index in [4.69, 9.17) is 25.5 Å². The van der Waals surface area contributed by atoms with E-state index in [0.717, 1.165) is 17.8 Å². The molecular formula is C20H17ClN4O7S. The first-order valence-corrected chi connectivity index (χ1v) is 10.7. The topological polar surface area (TPSA) is 147 Å². The molecule has 3 rings (SSSR count). The second-order valence-corrected chi connectivity index (χ2v) is 7.79. The van der Waals surface area contributed by atoms with E-state index in [1.54, 1.807) is 24.3 Å². The number of ether oxygens (including phenoxy) is 2. The fraction of sp³-hybridized carbons (Fsp3) is 0.200. The molecule has 1 N–H and O–H groups in total. The summed E-state index contributed by atoms with van der Waals surface area (Å²) >= 11 is 6.80. The van der Waals surface area contributed by atoms with E-state index < -0.39 is 22.9 Å². The molecule has 0 aliphatic heterocycles. The van der Waals surface area contributed by atoms with Crippen LogP contribution in [0.3, 0.4) is 0 Å². The highest BCUT2D eigenvalue weighted by atomic mass is 35.5. The van der Waals surface area contributed by atoms with Gasteiger partial charge in [0, 0.05) is 22.7 Å². The highest BCUT2D eigenvalue weighted by molar-refractivity contribution is 7.99. The molecular weight excluding hydrogens is 476 g/mol. The quantitative estimate of drug-likeness (QED) is 0.201. The lowest BCUT2D eigenvalue weighted by Crippen LogP contribution is -2.30. The van der Waals surface area contributed by atoms with Crippen molar-refractivity contribution < 1.29 is 28.4 Å². The molecule has 33 heavy (non-hydrogen) atoms. The monoisotopic (exact) mass is 492 g/mol. The first-order chi connectivity index (χ1) is 15.8. The molecule has 13 heteroatoms. The molecule has 0 saturated heterocycles. The van der Waals surface area contributed by atoms with Gasteiger partial charge in [-0.05, 0) is 37.3 Å². The van der Waals surface area contributed by atoms with Crippen molar-refractivity contribution in [2.24, 2.45) is 0 Å². The number of hydrogen-bond donors (Lipinski definition) is 1. The number of nitro benzene ring substituents is 1. The van der Waals surface area contributed by atoms with Crippen LogP contribution in [-0.4, -0.2) is 46.0 Å². The molecule has 2 aromatic carbocycles. The van der Waals surface area contributed by atoms with Crippen molar-refractivity contribution in [1.29, 1.82) is 0 Å². The van der Waals surface area contributed by atoms with Crippen LogP contribution in [0.1, 0.15) is 6.92 Å². The largest absolute Gasteiger partial charge is 0.495 e. The Morgan fingerprint density at radius 3 is 2.64 bits per heavy atom. The minimum absolute atomic E-state index is 0.0783. The van der Waals surface area contributed by atoms with Gasteiger partial charge in [-0.2, -0.15) is 0 Å². The summed E-state index contributed by atoms with van der Waals surface area (Å²) in [6.45, 7) is 1.37. The second kappa shape index (κ2) is 10.8. The number of esters is 1. The number of rotatable bonds is 9. The maximum Gasteiger partial charge on any atom is 0.317 e. The average Bonchev–Trinajstić information content (AvgIpc) is 3.27. The van der Waals surface area contributed by atoms with E-state index in [2.05, 4.69) is 15.5 Å². The predicted molar refractivity (Wildman–Crippen MR) is 119 cm³/mol. The number of amides is 1. The zero-order valence-corrected chi connectivity index (χ0v) is 18.9. The maximum absolute atomic E-state index is 12.4. The van der Waals surface area contributed by atoms with Gasteiger partial charge in [0.05, 0.1) is 17.7 Å². The standard InChI is InChI=1S/C20H17ClN4O7S/c1-11(18(27)22-15-9-14(25(28)29)7-8-16(15)30-2)31-17(26)10-33-20-24-23-19(32-20)12-3-5-13(21)6-4-12/h3-9,11H,10H2,1-2H3,(H,22,27). The van der Waals surface area contributed by atoms with E-state index in [0.29, 0.717) is 10.6 Å². The minimum Gasteiger partial charge on any atom is -0.495 e. The van der Waals surface area contributed by atoms with Crippen molar-refractivity contribution >= 4 is 46.6 Å². The van der Waals surface area contributed by atoms with Crippen molar-refractivity contribution in [2.45, 2.75) is 18.3 Å². The van der Waals surface area contributed by atoms with Gasteiger partial charge in [-0.3, -0.25) is 19.7 Å². The van der Waals surface area contributed by atoms with Gasteiger partial charge in [-0.15, -0.1) is 10.2 Å². The van der Waals surface area contributed by atoms with Crippen LogP contribution in [0.2, 0.25) is 5.02 Å². The van der Waals surface area contributed by atoms with Gasteiger partial charge in [-0.25, -0.2) is 0 Å².